The molecule has 7 heteroatoms. The zero-order valence-corrected chi connectivity index (χ0v) is 19.5. The summed E-state index contributed by atoms with van der Waals surface area (Å²) in [5, 5.41) is 12.2. The van der Waals surface area contributed by atoms with Gasteiger partial charge in [0.25, 0.3) is 0 Å². The van der Waals surface area contributed by atoms with Crippen molar-refractivity contribution in [3.05, 3.63) is 41.5 Å². The molecule has 2 N–H and O–H groups in total. The van der Waals surface area contributed by atoms with Crippen LogP contribution in [0.1, 0.15) is 63.0 Å². The van der Waals surface area contributed by atoms with E-state index in [1.807, 2.05) is 19.2 Å². The average Bonchev–Trinajstić information content (AvgIpc) is 3.08. The van der Waals surface area contributed by atoms with Gasteiger partial charge in [-0.15, -0.1) is 0 Å². The lowest BCUT2D eigenvalue weighted by atomic mass is 9.55. The van der Waals surface area contributed by atoms with Crippen LogP contribution in [0.4, 0.5) is 0 Å². The van der Waals surface area contributed by atoms with Crippen LogP contribution in [0.5, 0.6) is 5.75 Å². The summed E-state index contributed by atoms with van der Waals surface area (Å²) in [6.07, 6.45) is 6.74. The van der Waals surface area contributed by atoms with Crippen molar-refractivity contribution < 1.29 is 29.0 Å². The van der Waals surface area contributed by atoms with E-state index in [4.69, 9.17) is 14.6 Å². The molecular formula is C26H33NO6. The molecule has 6 atom stereocenters. The molecule has 4 rings (SSSR count). The molecule has 2 saturated carbocycles. The van der Waals surface area contributed by atoms with Crippen LogP contribution in [0.3, 0.4) is 0 Å². The van der Waals surface area contributed by atoms with E-state index in [1.165, 1.54) is 11.1 Å². The van der Waals surface area contributed by atoms with Crippen molar-refractivity contribution in [2.24, 2.45) is 17.3 Å². The highest BCUT2D eigenvalue weighted by molar-refractivity contribution is 5.90. The smallest absolute Gasteiger partial charge is 0.331 e. The Balaban J connectivity index is 1.54. The quantitative estimate of drug-likeness (QED) is 0.384. The number of aliphatic carboxylic acids is 1. The number of benzene rings is 1. The molecule has 1 aromatic rings. The van der Waals surface area contributed by atoms with E-state index in [-0.39, 0.29) is 23.5 Å². The third kappa shape index (κ3) is 4.43. The van der Waals surface area contributed by atoms with Gasteiger partial charge < -0.3 is 19.9 Å². The molecule has 0 aromatic heterocycles. The highest BCUT2D eigenvalue weighted by atomic mass is 16.5. The SMILES string of the molecule is CCC(=O)Oc1ccc2c(c1)CC[C@@H]1[C@@H]2CC[C@@]2(C)[C@H]1C[C@@H](OC(=O)/C=C\C(=O)O)[C@@H]2NC. The van der Waals surface area contributed by atoms with E-state index >= 15 is 0 Å². The monoisotopic (exact) mass is 455 g/mol. The molecule has 7 nitrogen and oxygen atoms in total. The summed E-state index contributed by atoms with van der Waals surface area (Å²) in [6.45, 7) is 4.09. The normalized spacial score (nSPS) is 32.5. The summed E-state index contributed by atoms with van der Waals surface area (Å²) >= 11 is 0. The van der Waals surface area contributed by atoms with Gasteiger partial charge in [-0.2, -0.15) is 0 Å². The first-order valence-corrected chi connectivity index (χ1v) is 11.9. The minimum atomic E-state index is -1.17. The van der Waals surface area contributed by atoms with Crippen molar-refractivity contribution in [1.82, 2.24) is 5.32 Å². The number of ether oxygens (including phenoxy) is 2. The van der Waals surface area contributed by atoms with Gasteiger partial charge >= 0.3 is 17.9 Å². The Morgan fingerprint density at radius 2 is 2.03 bits per heavy atom. The van der Waals surface area contributed by atoms with Crippen LogP contribution in [-0.2, 0) is 25.5 Å². The molecule has 2 fully saturated rings. The molecule has 0 saturated heterocycles. The van der Waals surface area contributed by atoms with E-state index < -0.39 is 11.9 Å². The fourth-order valence-electron chi connectivity index (χ4n) is 6.77. The topological polar surface area (TPSA) is 102 Å². The average molecular weight is 456 g/mol. The van der Waals surface area contributed by atoms with Gasteiger partial charge in [-0.05, 0) is 85.6 Å². The maximum absolute atomic E-state index is 12.2. The molecule has 178 valence electrons. The highest BCUT2D eigenvalue weighted by Crippen LogP contribution is 2.61. The minimum absolute atomic E-state index is 0.00543. The van der Waals surface area contributed by atoms with Crippen LogP contribution >= 0.6 is 0 Å². The predicted octanol–water partition coefficient (Wildman–Crippen LogP) is 3.61. The van der Waals surface area contributed by atoms with E-state index in [1.54, 1.807) is 6.92 Å². The lowest BCUT2D eigenvalue weighted by molar-refractivity contribution is -0.144. The summed E-state index contributed by atoms with van der Waals surface area (Å²) < 4.78 is 11.2. The number of esters is 2. The van der Waals surface area contributed by atoms with E-state index in [0.29, 0.717) is 29.9 Å². The van der Waals surface area contributed by atoms with Gasteiger partial charge in [0.15, 0.2) is 0 Å². The number of fused-ring (bicyclic) bond motifs is 5. The number of hydrogen-bond acceptors (Lipinski definition) is 6. The first kappa shape index (κ1) is 23.5. The third-order valence-electron chi connectivity index (χ3n) is 8.17. The van der Waals surface area contributed by atoms with Crippen molar-refractivity contribution in [2.75, 3.05) is 7.05 Å². The number of likely N-dealkylation sites (N-methyl/N-ethyl adjacent to an activating group) is 1. The van der Waals surface area contributed by atoms with Crippen molar-refractivity contribution in [3.8, 4) is 5.75 Å². The number of hydrogen-bond donors (Lipinski definition) is 2. The summed E-state index contributed by atoms with van der Waals surface area (Å²) in [4.78, 5) is 34.6. The minimum Gasteiger partial charge on any atom is -0.478 e. The number of aryl methyl sites for hydroxylation is 1. The van der Waals surface area contributed by atoms with E-state index in [0.717, 1.165) is 44.3 Å². The standard InChI is InChI=1S/C26H33NO6/c1-4-23(30)32-16-6-8-17-15(13-16)5-7-19-18(17)11-12-26(2)20(19)14-21(25(26)27-3)33-24(31)10-9-22(28)29/h6,8-10,13,18-21,25,27H,4-5,7,11-12,14H2,1-3H3,(H,28,29)/b10-9-/t18-,19-,20+,21-,25+,26+/m1/s1. The number of carbonyl (C=O) groups is 3. The van der Waals surface area contributed by atoms with E-state index in [9.17, 15) is 14.4 Å². The summed E-state index contributed by atoms with van der Waals surface area (Å²) in [5.41, 5.74) is 2.63. The molecule has 0 aliphatic heterocycles. The Labute approximate surface area is 194 Å². The Kier molecular flexibility index (Phi) is 6.61. The number of rotatable bonds is 6. The zero-order chi connectivity index (χ0) is 23.8. The maximum Gasteiger partial charge on any atom is 0.331 e. The van der Waals surface area contributed by atoms with Crippen LogP contribution in [0, 0.1) is 17.3 Å². The van der Waals surface area contributed by atoms with Crippen LogP contribution in [0.25, 0.3) is 0 Å². The number of carbonyl (C=O) groups excluding carboxylic acids is 2. The van der Waals surface area contributed by atoms with Crippen LogP contribution in [-0.4, -0.2) is 42.2 Å². The number of carboxylic acids is 1. The summed E-state index contributed by atoms with van der Waals surface area (Å²) in [7, 11) is 1.91. The molecule has 0 amide bonds. The second-order valence-corrected chi connectivity index (χ2v) is 9.80. The van der Waals surface area contributed by atoms with Gasteiger partial charge in [-0.1, -0.05) is 19.9 Å². The van der Waals surface area contributed by atoms with Gasteiger partial charge in [0.1, 0.15) is 11.9 Å². The fourth-order valence-corrected chi connectivity index (χ4v) is 6.77. The molecule has 1 aromatic carbocycles. The molecule has 3 aliphatic rings. The number of carboxylic acid groups (broad SMARTS) is 1. The van der Waals surface area contributed by atoms with Gasteiger partial charge in [-0.3, -0.25) is 4.79 Å². The third-order valence-corrected chi connectivity index (χ3v) is 8.17. The number of nitrogens with one attached hydrogen (secondary N) is 1. The maximum atomic E-state index is 12.2. The first-order valence-electron chi connectivity index (χ1n) is 11.9. The highest BCUT2D eigenvalue weighted by Gasteiger charge is 2.59. The molecule has 0 bridgehead atoms. The Morgan fingerprint density at radius 3 is 2.73 bits per heavy atom. The van der Waals surface area contributed by atoms with Crippen molar-refractivity contribution >= 4 is 17.9 Å². The first-order chi connectivity index (χ1) is 15.8. The fraction of sp³-hybridized carbons (Fsp3) is 0.577. The Morgan fingerprint density at radius 1 is 1.24 bits per heavy atom. The van der Waals surface area contributed by atoms with Crippen molar-refractivity contribution in [3.63, 3.8) is 0 Å². The summed E-state index contributed by atoms with van der Waals surface area (Å²) in [6, 6.07) is 6.10. The Bertz CT molecular complexity index is 972. The van der Waals surface area contributed by atoms with Crippen LogP contribution in [0.15, 0.2) is 30.4 Å². The molecular weight excluding hydrogens is 422 g/mol. The van der Waals surface area contributed by atoms with Crippen LogP contribution in [0.2, 0.25) is 0 Å². The summed E-state index contributed by atoms with van der Waals surface area (Å²) in [5.74, 6) is -0.0288. The largest absolute Gasteiger partial charge is 0.478 e. The van der Waals surface area contributed by atoms with Gasteiger partial charge in [0.05, 0.1) is 0 Å². The molecule has 3 aliphatic carbocycles. The van der Waals surface area contributed by atoms with Gasteiger partial charge in [-0.25, -0.2) is 9.59 Å². The Hall–Kier alpha value is -2.67. The van der Waals surface area contributed by atoms with Gasteiger partial charge in [0, 0.05) is 24.6 Å². The lowest BCUT2D eigenvalue weighted by Gasteiger charge is -2.50. The van der Waals surface area contributed by atoms with Crippen molar-refractivity contribution in [1.29, 1.82) is 0 Å². The second-order valence-electron chi connectivity index (χ2n) is 9.80. The zero-order valence-electron chi connectivity index (χ0n) is 19.5. The molecule has 0 unspecified atom stereocenters. The predicted molar refractivity (Wildman–Crippen MR) is 122 cm³/mol. The van der Waals surface area contributed by atoms with Gasteiger partial charge in [0.2, 0.25) is 0 Å². The molecule has 0 radical (unpaired) electrons. The van der Waals surface area contributed by atoms with Crippen molar-refractivity contribution in [2.45, 2.75) is 70.4 Å². The molecule has 0 spiro atoms. The van der Waals surface area contributed by atoms with Crippen LogP contribution < -0.4 is 10.1 Å². The second kappa shape index (κ2) is 9.29. The molecule has 33 heavy (non-hydrogen) atoms. The lowest BCUT2D eigenvalue weighted by Crippen LogP contribution is -2.50. The molecule has 0 heterocycles. The van der Waals surface area contributed by atoms with E-state index in [2.05, 4.69) is 18.3 Å².